The molecule has 3 aromatic rings. The summed E-state index contributed by atoms with van der Waals surface area (Å²) in [5.74, 6) is 0.522. The number of para-hydroxylation sites is 1. The standard InChI is InChI=1S/C26H31N5O2S/c1-2-9-29-12-14-31(15-13-29)26(33)23-18-34-25(28-23)19-7-10-30(11-8-19)24(32)16-20-17-27-22-6-4-3-5-21(20)22/h2-6,17-19,27H,1,7-16H2. The van der Waals surface area contributed by atoms with E-state index in [1.165, 1.54) is 0 Å². The molecule has 2 aromatic heterocycles. The molecule has 178 valence electrons. The fourth-order valence-corrected chi connectivity index (χ4v) is 5.95. The average molecular weight is 478 g/mol. The van der Waals surface area contributed by atoms with E-state index in [1.807, 2.05) is 45.7 Å². The molecule has 1 N–H and O–H groups in total. The molecule has 2 saturated heterocycles. The number of aromatic amines is 1. The van der Waals surface area contributed by atoms with E-state index in [0.717, 1.165) is 80.1 Å². The Kier molecular flexibility index (Phi) is 6.78. The number of benzene rings is 1. The maximum atomic E-state index is 12.9. The molecule has 0 bridgehead atoms. The van der Waals surface area contributed by atoms with E-state index in [0.29, 0.717) is 18.0 Å². The molecular weight excluding hydrogens is 446 g/mol. The lowest BCUT2D eigenvalue weighted by molar-refractivity contribution is -0.131. The van der Waals surface area contributed by atoms with Crippen molar-refractivity contribution in [3.8, 4) is 0 Å². The monoisotopic (exact) mass is 477 g/mol. The molecule has 0 aliphatic carbocycles. The predicted molar refractivity (Wildman–Crippen MR) is 135 cm³/mol. The first-order valence-electron chi connectivity index (χ1n) is 12.0. The molecule has 0 atom stereocenters. The number of hydrogen-bond acceptors (Lipinski definition) is 5. The zero-order chi connectivity index (χ0) is 23.5. The van der Waals surface area contributed by atoms with E-state index in [4.69, 9.17) is 4.98 Å². The summed E-state index contributed by atoms with van der Waals surface area (Å²) in [5.41, 5.74) is 2.68. The number of piperazine rings is 1. The van der Waals surface area contributed by atoms with Gasteiger partial charge in [-0.25, -0.2) is 4.98 Å². The van der Waals surface area contributed by atoms with Crippen molar-refractivity contribution in [3.05, 3.63) is 64.8 Å². The number of rotatable bonds is 6. The van der Waals surface area contributed by atoms with Gasteiger partial charge < -0.3 is 14.8 Å². The van der Waals surface area contributed by atoms with Crippen LogP contribution in [0.25, 0.3) is 10.9 Å². The van der Waals surface area contributed by atoms with Crippen molar-refractivity contribution >= 4 is 34.1 Å². The Morgan fingerprint density at radius 2 is 1.85 bits per heavy atom. The number of amides is 2. The van der Waals surface area contributed by atoms with Gasteiger partial charge in [-0.1, -0.05) is 24.3 Å². The molecule has 2 amide bonds. The van der Waals surface area contributed by atoms with Crippen LogP contribution in [-0.2, 0) is 11.2 Å². The van der Waals surface area contributed by atoms with Crippen molar-refractivity contribution in [2.75, 3.05) is 45.8 Å². The molecule has 4 heterocycles. The van der Waals surface area contributed by atoms with E-state index in [1.54, 1.807) is 11.3 Å². The van der Waals surface area contributed by atoms with Crippen molar-refractivity contribution in [1.29, 1.82) is 0 Å². The van der Waals surface area contributed by atoms with Crippen molar-refractivity contribution in [1.82, 2.24) is 24.7 Å². The van der Waals surface area contributed by atoms with Gasteiger partial charge in [0.25, 0.3) is 5.91 Å². The van der Waals surface area contributed by atoms with E-state index in [-0.39, 0.29) is 11.8 Å². The molecule has 5 rings (SSSR count). The van der Waals surface area contributed by atoms with E-state index in [9.17, 15) is 9.59 Å². The quantitative estimate of drug-likeness (QED) is 0.552. The highest BCUT2D eigenvalue weighted by Gasteiger charge is 2.28. The van der Waals surface area contributed by atoms with Gasteiger partial charge in [-0.05, 0) is 24.5 Å². The molecule has 2 aliphatic heterocycles. The number of thiazole rings is 1. The molecule has 34 heavy (non-hydrogen) atoms. The third-order valence-corrected chi connectivity index (χ3v) is 8.01. The van der Waals surface area contributed by atoms with Crippen LogP contribution in [0.3, 0.4) is 0 Å². The number of piperidine rings is 1. The van der Waals surface area contributed by atoms with Gasteiger partial charge in [0, 0.05) is 74.2 Å². The predicted octanol–water partition coefficient (Wildman–Crippen LogP) is 3.52. The Balaban J connectivity index is 1.14. The topological polar surface area (TPSA) is 72.5 Å². The van der Waals surface area contributed by atoms with Crippen LogP contribution in [0.4, 0.5) is 0 Å². The highest BCUT2D eigenvalue weighted by atomic mass is 32.1. The maximum absolute atomic E-state index is 12.9. The molecule has 2 fully saturated rings. The van der Waals surface area contributed by atoms with Crippen LogP contribution in [0.2, 0.25) is 0 Å². The van der Waals surface area contributed by atoms with Crippen LogP contribution >= 0.6 is 11.3 Å². The largest absolute Gasteiger partial charge is 0.361 e. The van der Waals surface area contributed by atoms with Gasteiger partial charge >= 0.3 is 0 Å². The molecule has 0 saturated carbocycles. The summed E-state index contributed by atoms with van der Waals surface area (Å²) in [7, 11) is 0. The SMILES string of the molecule is C=CCN1CCN(C(=O)c2csc(C3CCN(C(=O)Cc4c[nH]c5ccccc45)CC3)n2)CC1. The molecule has 2 aliphatic rings. The Hall–Kier alpha value is -2.97. The number of aromatic nitrogens is 2. The second-order valence-corrected chi connectivity index (χ2v) is 10.0. The Morgan fingerprint density at radius 3 is 2.62 bits per heavy atom. The number of likely N-dealkylation sites (tertiary alicyclic amines) is 1. The molecular formula is C26H31N5O2S. The number of hydrogen-bond donors (Lipinski definition) is 1. The zero-order valence-corrected chi connectivity index (χ0v) is 20.2. The second kappa shape index (κ2) is 10.1. The molecule has 7 nitrogen and oxygen atoms in total. The lowest BCUT2D eigenvalue weighted by atomic mass is 9.97. The summed E-state index contributed by atoms with van der Waals surface area (Å²) in [6, 6.07) is 8.09. The minimum Gasteiger partial charge on any atom is -0.361 e. The van der Waals surface area contributed by atoms with Crippen LogP contribution in [0.1, 0.15) is 39.8 Å². The third-order valence-electron chi connectivity index (χ3n) is 7.00. The number of H-pyrrole nitrogens is 1. The minimum atomic E-state index is 0.0343. The summed E-state index contributed by atoms with van der Waals surface area (Å²) in [6.45, 7) is 9.35. The molecule has 0 unspecified atom stereocenters. The first kappa shape index (κ1) is 22.8. The van der Waals surface area contributed by atoms with Crippen LogP contribution in [0.15, 0.2) is 48.5 Å². The van der Waals surface area contributed by atoms with E-state index in [2.05, 4.69) is 22.5 Å². The highest BCUT2D eigenvalue weighted by Crippen LogP contribution is 2.31. The van der Waals surface area contributed by atoms with Gasteiger partial charge in [-0.15, -0.1) is 17.9 Å². The Morgan fingerprint density at radius 1 is 1.09 bits per heavy atom. The van der Waals surface area contributed by atoms with Gasteiger partial charge in [-0.3, -0.25) is 14.5 Å². The summed E-state index contributed by atoms with van der Waals surface area (Å²) >= 11 is 1.58. The molecule has 0 radical (unpaired) electrons. The maximum Gasteiger partial charge on any atom is 0.273 e. The molecule has 1 aromatic carbocycles. The summed E-state index contributed by atoms with van der Waals surface area (Å²) in [4.78, 5) is 40.0. The summed E-state index contributed by atoms with van der Waals surface area (Å²) in [6.07, 6.45) is 6.06. The van der Waals surface area contributed by atoms with Gasteiger partial charge in [0.2, 0.25) is 5.91 Å². The highest BCUT2D eigenvalue weighted by molar-refractivity contribution is 7.09. The molecule has 0 spiro atoms. The zero-order valence-electron chi connectivity index (χ0n) is 19.4. The average Bonchev–Trinajstić information content (AvgIpc) is 3.52. The minimum absolute atomic E-state index is 0.0343. The first-order chi connectivity index (χ1) is 16.6. The molecule has 8 heteroatoms. The van der Waals surface area contributed by atoms with Crippen LogP contribution in [0, 0.1) is 0 Å². The van der Waals surface area contributed by atoms with Gasteiger partial charge in [0.05, 0.1) is 11.4 Å². The van der Waals surface area contributed by atoms with Crippen molar-refractivity contribution < 1.29 is 9.59 Å². The third kappa shape index (κ3) is 4.79. The smallest absolute Gasteiger partial charge is 0.273 e. The Bertz CT molecular complexity index is 1170. The van der Waals surface area contributed by atoms with Crippen molar-refractivity contribution in [2.45, 2.75) is 25.2 Å². The first-order valence-corrected chi connectivity index (χ1v) is 12.9. The summed E-state index contributed by atoms with van der Waals surface area (Å²) < 4.78 is 0. The van der Waals surface area contributed by atoms with E-state index < -0.39 is 0 Å². The van der Waals surface area contributed by atoms with Crippen molar-refractivity contribution in [3.63, 3.8) is 0 Å². The summed E-state index contributed by atoms with van der Waals surface area (Å²) in [5, 5.41) is 4.05. The number of carbonyl (C=O) groups is 2. The fraction of sp³-hybridized carbons (Fsp3) is 0.423. The Labute approximate surface area is 204 Å². The van der Waals surface area contributed by atoms with Crippen LogP contribution in [-0.4, -0.2) is 82.3 Å². The normalized spacial score (nSPS) is 17.9. The lowest BCUT2D eigenvalue weighted by Gasteiger charge is -2.33. The lowest BCUT2D eigenvalue weighted by Crippen LogP contribution is -2.48. The van der Waals surface area contributed by atoms with Crippen LogP contribution in [0.5, 0.6) is 0 Å². The van der Waals surface area contributed by atoms with Gasteiger partial charge in [0.15, 0.2) is 0 Å². The van der Waals surface area contributed by atoms with Crippen LogP contribution < -0.4 is 0 Å². The van der Waals surface area contributed by atoms with Gasteiger partial charge in [0.1, 0.15) is 5.69 Å². The number of fused-ring (bicyclic) bond motifs is 1. The van der Waals surface area contributed by atoms with Crippen molar-refractivity contribution in [2.24, 2.45) is 0 Å². The van der Waals surface area contributed by atoms with Gasteiger partial charge in [-0.2, -0.15) is 0 Å². The number of nitrogens with zero attached hydrogens (tertiary/aromatic N) is 4. The fourth-order valence-electron chi connectivity index (χ4n) is 4.98. The number of nitrogens with one attached hydrogen (secondary N) is 1. The second-order valence-electron chi connectivity index (χ2n) is 9.14. The van der Waals surface area contributed by atoms with E-state index >= 15 is 0 Å². The number of carbonyl (C=O) groups excluding carboxylic acids is 2.